The molecule has 0 spiro atoms. The van der Waals surface area contributed by atoms with Crippen molar-refractivity contribution in [3.8, 4) is 0 Å². The molecule has 3 rings (SSSR count). The van der Waals surface area contributed by atoms with Crippen LogP contribution < -0.4 is 0 Å². The van der Waals surface area contributed by atoms with Crippen molar-refractivity contribution in [3.05, 3.63) is 32.7 Å². The summed E-state index contributed by atoms with van der Waals surface area (Å²) in [6.07, 6.45) is 8.51. The first-order chi connectivity index (χ1) is 9.09. The fraction of sp³-hybridized carbons (Fsp3) is 0.625. The van der Waals surface area contributed by atoms with E-state index >= 15 is 0 Å². The molecule has 1 unspecified atom stereocenters. The molecular weight excluding hydrogens is 366 g/mol. The van der Waals surface area contributed by atoms with Gasteiger partial charge in [-0.05, 0) is 68.8 Å². The maximum absolute atomic E-state index is 3.61. The molecule has 2 saturated heterocycles. The maximum Gasteiger partial charge on any atom is 0.0892 e. The quantitative estimate of drug-likeness (QED) is 0.646. The van der Waals surface area contributed by atoms with Crippen molar-refractivity contribution in [1.29, 1.82) is 0 Å². The molecule has 1 aromatic carbocycles. The zero-order valence-electron chi connectivity index (χ0n) is 11.5. The lowest BCUT2D eigenvalue weighted by molar-refractivity contribution is -0.948. The summed E-state index contributed by atoms with van der Waals surface area (Å²) in [6.45, 7) is 1.31. The molecule has 3 heteroatoms. The van der Waals surface area contributed by atoms with Crippen LogP contribution in [0.1, 0.15) is 37.7 Å². The first kappa shape index (κ1) is 14.1. The molecule has 2 aliphatic heterocycles. The van der Waals surface area contributed by atoms with Crippen LogP contribution in [0.4, 0.5) is 0 Å². The lowest BCUT2D eigenvalue weighted by atomic mass is 9.98. The minimum atomic E-state index is 0.942. The highest BCUT2D eigenvalue weighted by molar-refractivity contribution is 9.13. The second-order valence-electron chi connectivity index (χ2n) is 6.38. The van der Waals surface area contributed by atoms with Crippen LogP contribution in [0.5, 0.6) is 0 Å². The fourth-order valence-corrected chi connectivity index (χ4v) is 4.84. The van der Waals surface area contributed by atoms with E-state index in [-0.39, 0.29) is 0 Å². The number of benzene rings is 1. The van der Waals surface area contributed by atoms with Crippen molar-refractivity contribution in [2.24, 2.45) is 0 Å². The van der Waals surface area contributed by atoms with Crippen LogP contribution in [0.2, 0.25) is 0 Å². The molecule has 2 aliphatic rings. The van der Waals surface area contributed by atoms with Gasteiger partial charge in [-0.3, -0.25) is 0 Å². The van der Waals surface area contributed by atoms with Crippen LogP contribution in [0.3, 0.4) is 0 Å². The van der Waals surface area contributed by atoms with Crippen molar-refractivity contribution in [2.75, 3.05) is 13.6 Å². The molecule has 0 radical (unpaired) electrons. The Balaban J connectivity index is 1.70. The summed E-state index contributed by atoms with van der Waals surface area (Å²) in [4.78, 5) is 0. The predicted octanol–water partition coefficient (Wildman–Crippen LogP) is 4.92. The van der Waals surface area contributed by atoms with Gasteiger partial charge in [-0.2, -0.15) is 0 Å². The summed E-state index contributed by atoms with van der Waals surface area (Å²) in [6, 6.07) is 8.56. The van der Waals surface area contributed by atoms with Crippen molar-refractivity contribution in [1.82, 2.24) is 0 Å². The standard InChI is InChI=1S/C16H22Br2N/c1-19(13-3-2-4-14(19)7-6-13)10-9-12-5-8-15(17)16(18)11-12/h5,8,11,13-14H,2-4,6-7,9-10H2,1H3/q+1/t13-,14+,19?. The van der Waals surface area contributed by atoms with E-state index in [1.165, 1.54) is 59.6 Å². The van der Waals surface area contributed by atoms with Crippen molar-refractivity contribution >= 4 is 31.9 Å². The Morgan fingerprint density at radius 1 is 1.05 bits per heavy atom. The average Bonchev–Trinajstić information content (AvgIpc) is 2.59. The second-order valence-corrected chi connectivity index (χ2v) is 8.09. The van der Waals surface area contributed by atoms with Gasteiger partial charge in [0.2, 0.25) is 0 Å². The number of halogens is 2. The lowest BCUT2D eigenvalue weighted by Crippen LogP contribution is -2.56. The van der Waals surface area contributed by atoms with Crippen molar-refractivity contribution < 1.29 is 4.48 Å². The first-order valence-electron chi connectivity index (χ1n) is 7.38. The molecule has 19 heavy (non-hydrogen) atoms. The number of hydrogen-bond donors (Lipinski definition) is 0. The van der Waals surface area contributed by atoms with Crippen LogP contribution >= 0.6 is 31.9 Å². The smallest absolute Gasteiger partial charge is 0.0892 e. The minimum Gasteiger partial charge on any atom is -0.321 e. The second kappa shape index (κ2) is 5.50. The zero-order valence-corrected chi connectivity index (χ0v) is 14.7. The highest BCUT2D eigenvalue weighted by Crippen LogP contribution is 2.41. The topological polar surface area (TPSA) is 0 Å². The van der Waals surface area contributed by atoms with E-state index in [9.17, 15) is 0 Å². The monoisotopic (exact) mass is 386 g/mol. The van der Waals surface area contributed by atoms with E-state index in [0.29, 0.717) is 0 Å². The van der Waals surface area contributed by atoms with Gasteiger partial charge in [-0.25, -0.2) is 0 Å². The number of piperidine rings is 1. The van der Waals surface area contributed by atoms with Crippen molar-refractivity contribution in [3.63, 3.8) is 0 Å². The van der Waals surface area contributed by atoms with Crippen LogP contribution in [-0.2, 0) is 6.42 Å². The molecule has 2 fully saturated rings. The molecule has 0 aliphatic carbocycles. The maximum atomic E-state index is 3.61. The van der Waals surface area contributed by atoms with E-state index in [2.05, 4.69) is 57.1 Å². The molecule has 0 N–H and O–H groups in total. The van der Waals surface area contributed by atoms with Crippen LogP contribution in [0.15, 0.2) is 27.1 Å². The molecule has 0 saturated carbocycles. The fourth-order valence-electron chi connectivity index (χ4n) is 4.17. The highest BCUT2D eigenvalue weighted by Gasteiger charge is 2.47. The number of likely N-dealkylation sites (N-methyl/N-ethyl adjacent to an activating group) is 1. The van der Waals surface area contributed by atoms with E-state index in [0.717, 1.165) is 16.6 Å². The first-order valence-corrected chi connectivity index (χ1v) is 8.97. The molecule has 3 atom stereocenters. The van der Waals surface area contributed by atoms with Gasteiger partial charge in [0.15, 0.2) is 0 Å². The third kappa shape index (κ3) is 2.66. The zero-order chi connectivity index (χ0) is 13.5. The Morgan fingerprint density at radius 3 is 2.37 bits per heavy atom. The number of fused-ring (bicyclic) bond motifs is 2. The number of nitrogens with zero attached hydrogens (tertiary/aromatic N) is 1. The van der Waals surface area contributed by atoms with Crippen molar-refractivity contribution in [2.45, 2.75) is 50.6 Å². The van der Waals surface area contributed by atoms with E-state index in [1.54, 1.807) is 0 Å². The van der Waals surface area contributed by atoms with E-state index < -0.39 is 0 Å². The largest absolute Gasteiger partial charge is 0.321 e. The Hall–Kier alpha value is 0.140. The summed E-state index contributed by atoms with van der Waals surface area (Å²) >= 11 is 7.16. The molecule has 2 bridgehead atoms. The molecule has 1 aromatic rings. The lowest BCUT2D eigenvalue weighted by Gasteiger charge is -2.45. The predicted molar refractivity (Wildman–Crippen MR) is 87.3 cm³/mol. The third-order valence-corrected chi connectivity index (χ3v) is 7.32. The summed E-state index contributed by atoms with van der Waals surface area (Å²) < 4.78 is 3.66. The van der Waals surface area contributed by atoms with Gasteiger partial charge in [-0.15, -0.1) is 0 Å². The molecule has 0 aromatic heterocycles. The van der Waals surface area contributed by atoms with Crippen LogP contribution in [-0.4, -0.2) is 30.2 Å². The SMILES string of the molecule is C[N+]1(CCc2ccc(Br)c(Br)c2)[C@@H]2CCC[C@H]1CC2. The Bertz CT molecular complexity index is 456. The third-order valence-electron chi connectivity index (χ3n) is 5.44. The van der Waals surface area contributed by atoms with Gasteiger partial charge >= 0.3 is 0 Å². The van der Waals surface area contributed by atoms with Gasteiger partial charge in [0.05, 0.1) is 25.7 Å². The summed E-state index contributed by atoms with van der Waals surface area (Å²) in [5.74, 6) is 0. The highest BCUT2D eigenvalue weighted by atomic mass is 79.9. The van der Waals surface area contributed by atoms with Crippen LogP contribution in [0, 0.1) is 0 Å². The van der Waals surface area contributed by atoms with Gasteiger partial charge in [-0.1, -0.05) is 6.07 Å². The summed E-state index contributed by atoms with van der Waals surface area (Å²) in [5, 5.41) is 0. The van der Waals surface area contributed by atoms with Gasteiger partial charge < -0.3 is 4.48 Å². The van der Waals surface area contributed by atoms with Gasteiger partial charge in [0.1, 0.15) is 0 Å². The molecule has 1 nitrogen and oxygen atoms in total. The number of quaternary nitrogens is 1. The van der Waals surface area contributed by atoms with Gasteiger partial charge in [0, 0.05) is 28.2 Å². The van der Waals surface area contributed by atoms with Crippen LogP contribution in [0.25, 0.3) is 0 Å². The van der Waals surface area contributed by atoms with E-state index in [4.69, 9.17) is 0 Å². The minimum absolute atomic E-state index is 0.942. The number of rotatable bonds is 3. The Morgan fingerprint density at radius 2 is 1.74 bits per heavy atom. The summed E-state index contributed by atoms with van der Waals surface area (Å²) in [7, 11) is 2.51. The number of hydrogen-bond acceptors (Lipinski definition) is 0. The Kier molecular flexibility index (Phi) is 4.08. The van der Waals surface area contributed by atoms with Gasteiger partial charge in [0.25, 0.3) is 0 Å². The molecular formula is C16H22Br2N+. The molecule has 104 valence electrons. The Labute approximate surface area is 133 Å². The average molecular weight is 388 g/mol. The molecule has 0 amide bonds. The normalized spacial score (nSPS) is 33.6. The molecule has 2 heterocycles. The van der Waals surface area contributed by atoms with E-state index in [1.807, 2.05) is 0 Å². The summed E-state index contributed by atoms with van der Waals surface area (Å²) in [5.41, 5.74) is 1.46.